The molecule has 2 aromatic carbocycles. The first kappa shape index (κ1) is 16.9. The van der Waals surface area contributed by atoms with E-state index in [-0.39, 0.29) is 11.7 Å². The van der Waals surface area contributed by atoms with Gasteiger partial charge in [-0.1, -0.05) is 19.1 Å². The molecule has 0 unspecified atom stereocenters. The van der Waals surface area contributed by atoms with Crippen LogP contribution in [0.2, 0.25) is 0 Å². The molecule has 0 bridgehead atoms. The molecule has 4 nitrogen and oxygen atoms in total. The fourth-order valence-electron chi connectivity index (χ4n) is 2.59. The Hall–Kier alpha value is -2.95. The third-order valence-corrected chi connectivity index (χ3v) is 3.86. The molecule has 1 aromatic heterocycles. The van der Waals surface area contributed by atoms with Gasteiger partial charge in [0.15, 0.2) is 0 Å². The van der Waals surface area contributed by atoms with Crippen LogP contribution in [0.4, 0.5) is 4.39 Å². The number of benzene rings is 2. The lowest BCUT2D eigenvalue weighted by molar-refractivity contribution is 0.0946. The number of hydrogen-bond acceptors (Lipinski definition) is 2. The van der Waals surface area contributed by atoms with Crippen LogP contribution in [0.15, 0.2) is 54.6 Å². The molecule has 0 atom stereocenters. The van der Waals surface area contributed by atoms with Gasteiger partial charge in [-0.2, -0.15) is 5.10 Å². The maximum absolute atomic E-state index is 13.2. The van der Waals surface area contributed by atoms with Crippen LogP contribution in [0.25, 0.3) is 16.9 Å². The monoisotopic (exact) mass is 337 g/mol. The summed E-state index contributed by atoms with van der Waals surface area (Å²) >= 11 is 0. The lowest BCUT2D eigenvalue weighted by Crippen LogP contribution is -2.26. The van der Waals surface area contributed by atoms with E-state index in [0.717, 1.165) is 23.2 Å². The fourth-order valence-corrected chi connectivity index (χ4v) is 2.59. The molecule has 25 heavy (non-hydrogen) atoms. The van der Waals surface area contributed by atoms with Gasteiger partial charge in [-0.25, -0.2) is 9.07 Å². The van der Waals surface area contributed by atoms with E-state index in [1.807, 2.05) is 38.1 Å². The van der Waals surface area contributed by atoms with E-state index in [1.165, 1.54) is 12.1 Å². The highest BCUT2D eigenvalue weighted by molar-refractivity contribution is 5.94. The summed E-state index contributed by atoms with van der Waals surface area (Å²) in [7, 11) is 0. The minimum absolute atomic E-state index is 0.177. The van der Waals surface area contributed by atoms with Crippen molar-refractivity contribution in [2.75, 3.05) is 6.54 Å². The second kappa shape index (κ2) is 7.30. The summed E-state index contributed by atoms with van der Waals surface area (Å²) in [5.74, 6) is -0.480. The first-order valence-electron chi connectivity index (χ1n) is 8.29. The van der Waals surface area contributed by atoms with Crippen molar-refractivity contribution in [2.45, 2.75) is 20.3 Å². The van der Waals surface area contributed by atoms with Crippen molar-refractivity contribution in [3.05, 3.63) is 71.7 Å². The number of hydrogen-bond donors (Lipinski definition) is 1. The first-order chi connectivity index (χ1) is 12.1. The number of rotatable bonds is 5. The van der Waals surface area contributed by atoms with Crippen LogP contribution in [-0.2, 0) is 0 Å². The molecule has 0 aliphatic rings. The molecule has 1 N–H and O–H groups in total. The summed E-state index contributed by atoms with van der Waals surface area (Å²) in [4.78, 5) is 12.5. The Kier molecular flexibility index (Phi) is 4.93. The standard InChI is InChI=1S/C20H20FN3O/c1-3-11-22-20(25)19-13-18(15-7-9-16(21)10-8-15)23-24(19)17-6-4-5-14(2)12-17/h4-10,12-13H,3,11H2,1-2H3,(H,22,25). The molecule has 0 fully saturated rings. The number of aryl methyl sites for hydroxylation is 1. The molecular weight excluding hydrogens is 317 g/mol. The summed E-state index contributed by atoms with van der Waals surface area (Å²) in [6.45, 7) is 4.59. The summed E-state index contributed by atoms with van der Waals surface area (Å²) < 4.78 is 14.8. The lowest BCUT2D eigenvalue weighted by atomic mass is 10.1. The van der Waals surface area contributed by atoms with Gasteiger partial charge in [-0.3, -0.25) is 4.79 Å². The van der Waals surface area contributed by atoms with Crippen molar-refractivity contribution >= 4 is 5.91 Å². The van der Waals surface area contributed by atoms with E-state index in [9.17, 15) is 9.18 Å². The Morgan fingerprint density at radius 2 is 1.92 bits per heavy atom. The van der Waals surface area contributed by atoms with Crippen molar-refractivity contribution in [3.63, 3.8) is 0 Å². The van der Waals surface area contributed by atoms with Crippen molar-refractivity contribution in [2.24, 2.45) is 0 Å². The van der Waals surface area contributed by atoms with Gasteiger partial charge in [0.2, 0.25) is 0 Å². The molecule has 0 saturated carbocycles. The van der Waals surface area contributed by atoms with Crippen molar-refractivity contribution in [1.82, 2.24) is 15.1 Å². The molecule has 3 rings (SSSR count). The number of halogens is 1. The van der Waals surface area contributed by atoms with Crippen LogP contribution >= 0.6 is 0 Å². The van der Waals surface area contributed by atoms with Crippen LogP contribution in [-0.4, -0.2) is 22.2 Å². The molecule has 1 heterocycles. The molecule has 1 amide bonds. The zero-order valence-electron chi connectivity index (χ0n) is 14.3. The highest BCUT2D eigenvalue weighted by Crippen LogP contribution is 2.22. The van der Waals surface area contributed by atoms with Gasteiger partial charge < -0.3 is 5.32 Å². The highest BCUT2D eigenvalue weighted by atomic mass is 19.1. The van der Waals surface area contributed by atoms with Gasteiger partial charge >= 0.3 is 0 Å². The first-order valence-corrected chi connectivity index (χ1v) is 8.29. The fraction of sp³-hybridized carbons (Fsp3) is 0.200. The van der Waals surface area contributed by atoms with Gasteiger partial charge in [-0.15, -0.1) is 0 Å². The van der Waals surface area contributed by atoms with Crippen LogP contribution < -0.4 is 5.32 Å². The van der Waals surface area contributed by atoms with Crippen LogP contribution in [0.3, 0.4) is 0 Å². The summed E-state index contributed by atoms with van der Waals surface area (Å²) in [6, 6.07) is 15.6. The predicted molar refractivity (Wildman–Crippen MR) is 96.3 cm³/mol. The molecule has 0 aliphatic heterocycles. The van der Waals surface area contributed by atoms with E-state index < -0.39 is 0 Å². The van der Waals surface area contributed by atoms with Gasteiger partial charge in [0.1, 0.15) is 11.5 Å². The Labute approximate surface area is 146 Å². The largest absolute Gasteiger partial charge is 0.351 e. The molecule has 0 saturated heterocycles. The predicted octanol–water partition coefficient (Wildman–Crippen LogP) is 4.13. The van der Waals surface area contributed by atoms with E-state index in [1.54, 1.807) is 22.9 Å². The second-order valence-electron chi connectivity index (χ2n) is 5.93. The van der Waals surface area contributed by atoms with Crippen LogP contribution in [0.5, 0.6) is 0 Å². The minimum Gasteiger partial charge on any atom is -0.351 e. The van der Waals surface area contributed by atoms with Gasteiger partial charge in [0.05, 0.1) is 11.4 Å². The molecule has 128 valence electrons. The summed E-state index contributed by atoms with van der Waals surface area (Å²) in [6.07, 6.45) is 0.856. The molecular formula is C20H20FN3O. The number of carbonyl (C=O) groups is 1. The summed E-state index contributed by atoms with van der Waals surface area (Å²) in [5, 5.41) is 7.47. The third kappa shape index (κ3) is 3.76. The van der Waals surface area contributed by atoms with E-state index in [0.29, 0.717) is 17.9 Å². The zero-order chi connectivity index (χ0) is 17.8. The number of carbonyl (C=O) groups excluding carboxylic acids is 1. The zero-order valence-corrected chi connectivity index (χ0v) is 14.3. The normalized spacial score (nSPS) is 10.7. The van der Waals surface area contributed by atoms with Crippen LogP contribution in [0, 0.1) is 12.7 Å². The number of nitrogens with one attached hydrogen (secondary N) is 1. The van der Waals surface area contributed by atoms with Crippen molar-refractivity contribution in [1.29, 1.82) is 0 Å². The Morgan fingerprint density at radius 3 is 2.60 bits per heavy atom. The quantitative estimate of drug-likeness (QED) is 0.761. The third-order valence-electron chi connectivity index (χ3n) is 3.86. The van der Waals surface area contributed by atoms with Crippen LogP contribution in [0.1, 0.15) is 29.4 Å². The average molecular weight is 337 g/mol. The highest BCUT2D eigenvalue weighted by Gasteiger charge is 2.17. The molecule has 0 aliphatic carbocycles. The van der Waals surface area contributed by atoms with Crippen molar-refractivity contribution < 1.29 is 9.18 Å². The van der Waals surface area contributed by atoms with Gasteiger partial charge in [0, 0.05) is 12.1 Å². The van der Waals surface area contributed by atoms with E-state index in [2.05, 4.69) is 10.4 Å². The van der Waals surface area contributed by atoms with Gasteiger partial charge in [-0.05, 0) is 61.4 Å². The maximum atomic E-state index is 13.2. The Morgan fingerprint density at radius 1 is 1.16 bits per heavy atom. The number of nitrogens with zero attached hydrogens (tertiary/aromatic N) is 2. The number of amides is 1. The average Bonchev–Trinajstić information content (AvgIpc) is 3.06. The molecule has 3 aromatic rings. The maximum Gasteiger partial charge on any atom is 0.270 e. The van der Waals surface area contributed by atoms with Gasteiger partial charge in [0.25, 0.3) is 5.91 Å². The molecule has 5 heteroatoms. The summed E-state index contributed by atoms with van der Waals surface area (Å²) in [5.41, 5.74) is 3.74. The topological polar surface area (TPSA) is 46.9 Å². The number of aromatic nitrogens is 2. The van der Waals surface area contributed by atoms with E-state index >= 15 is 0 Å². The Balaban J connectivity index is 2.07. The molecule has 0 radical (unpaired) electrons. The smallest absolute Gasteiger partial charge is 0.270 e. The SMILES string of the molecule is CCCNC(=O)c1cc(-c2ccc(F)cc2)nn1-c1cccc(C)c1. The Bertz CT molecular complexity index is 884. The minimum atomic E-state index is -0.303. The second-order valence-corrected chi connectivity index (χ2v) is 5.93. The molecule has 0 spiro atoms. The van der Waals surface area contributed by atoms with Crippen molar-refractivity contribution in [3.8, 4) is 16.9 Å². The lowest BCUT2D eigenvalue weighted by Gasteiger charge is -2.08. The van der Waals surface area contributed by atoms with E-state index in [4.69, 9.17) is 0 Å².